The molecule has 0 saturated carbocycles. The average Bonchev–Trinajstić information content (AvgIpc) is 1.69. The molecule has 0 amide bonds. The van der Waals surface area contributed by atoms with E-state index < -0.39 is 0 Å². The first kappa shape index (κ1) is 6.89. The number of hydrogen-bond donors (Lipinski definition) is 1. The summed E-state index contributed by atoms with van der Waals surface area (Å²) >= 11 is 1.87. The Kier molecular flexibility index (Phi) is 5.80. The molecule has 7 heavy (non-hydrogen) atoms. The van der Waals surface area contributed by atoms with Crippen LogP contribution >= 0.6 is 11.8 Å². The summed E-state index contributed by atoms with van der Waals surface area (Å²) in [7, 11) is 0. The highest BCUT2D eigenvalue weighted by Crippen LogP contribution is 1.96. The van der Waals surface area contributed by atoms with E-state index >= 15 is 0 Å². The van der Waals surface area contributed by atoms with Crippen molar-refractivity contribution in [3.05, 3.63) is 12.3 Å². The summed E-state index contributed by atoms with van der Waals surface area (Å²) in [6.45, 7) is 2.13. The van der Waals surface area contributed by atoms with Gasteiger partial charge < -0.3 is 5.73 Å². The zero-order valence-electron chi connectivity index (χ0n) is 4.55. The Bertz CT molecular complexity index is 52.0. The number of thioether (sulfide) groups is 1. The maximum Gasteiger partial charge on any atom is 0.0130 e. The minimum Gasteiger partial charge on any atom is -0.405 e. The van der Waals surface area contributed by atoms with Crippen molar-refractivity contribution in [1.29, 1.82) is 0 Å². The van der Waals surface area contributed by atoms with Gasteiger partial charge in [-0.05, 0) is 12.0 Å². The van der Waals surface area contributed by atoms with E-state index in [9.17, 15) is 0 Å². The molecule has 42 valence electrons. The maximum absolute atomic E-state index is 5.08. The van der Waals surface area contributed by atoms with Gasteiger partial charge in [-0.25, -0.2) is 0 Å². The Balaban J connectivity index is 2.69. The quantitative estimate of drug-likeness (QED) is 0.562. The van der Waals surface area contributed by atoms with Crippen LogP contribution in [0.25, 0.3) is 0 Å². The standard InChI is InChI=1S/C5H11NS/c1-2-7-5-3-4-6/h3-4H,2,5-6H2,1H3. The van der Waals surface area contributed by atoms with E-state index in [4.69, 9.17) is 5.73 Å². The molecule has 2 N–H and O–H groups in total. The van der Waals surface area contributed by atoms with E-state index in [2.05, 4.69) is 6.92 Å². The van der Waals surface area contributed by atoms with Gasteiger partial charge >= 0.3 is 0 Å². The summed E-state index contributed by atoms with van der Waals surface area (Å²) < 4.78 is 0. The molecule has 0 radical (unpaired) electrons. The highest BCUT2D eigenvalue weighted by atomic mass is 32.2. The number of nitrogens with two attached hydrogens (primary N) is 1. The molecular weight excluding hydrogens is 106 g/mol. The van der Waals surface area contributed by atoms with E-state index in [0.29, 0.717) is 0 Å². The molecule has 0 aliphatic heterocycles. The van der Waals surface area contributed by atoms with E-state index in [0.717, 1.165) is 5.75 Å². The zero-order chi connectivity index (χ0) is 5.54. The Morgan fingerprint density at radius 2 is 2.43 bits per heavy atom. The van der Waals surface area contributed by atoms with Crippen molar-refractivity contribution < 1.29 is 0 Å². The number of rotatable bonds is 3. The van der Waals surface area contributed by atoms with Gasteiger partial charge in [0, 0.05) is 5.75 Å². The molecule has 0 aromatic heterocycles. The summed E-state index contributed by atoms with van der Waals surface area (Å²) in [6, 6.07) is 0. The fourth-order valence-electron chi connectivity index (χ4n) is 0.241. The SMILES string of the molecule is CCSCC=CN. The lowest BCUT2D eigenvalue weighted by Gasteiger charge is -1.84. The highest BCUT2D eigenvalue weighted by Gasteiger charge is 1.72. The van der Waals surface area contributed by atoms with Crippen molar-refractivity contribution in [3.63, 3.8) is 0 Å². The first-order chi connectivity index (χ1) is 3.41. The third kappa shape index (κ3) is 5.89. The van der Waals surface area contributed by atoms with Gasteiger partial charge in [0.15, 0.2) is 0 Å². The minimum absolute atomic E-state index is 1.05. The third-order valence-corrected chi connectivity index (χ3v) is 1.39. The summed E-state index contributed by atoms with van der Waals surface area (Å²) in [6.07, 6.45) is 3.54. The van der Waals surface area contributed by atoms with Crippen LogP contribution in [-0.4, -0.2) is 11.5 Å². The van der Waals surface area contributed by atoms with Crippen LogP contribution in [0.4, 0.5) is 0 Å². The van der Waals surface area contributed by atoms with E-state index in [1.54, 1.807) is 6.20 Å². The van der Waals surface area contributed by atoms with Crippen molar-refractivity contribution in [2.24, 2.45) is 5.73 Å². The molecule has 0 unspecified atom stereocenters. The van der Waals surface area contributed by atoms with Gasteiger partial charge in [-0.15, -0.1) is 0 Å². The lowest BCUT2D eigenvalue weighted by atomic mass is 10.7. The molecule has 1 nitrogen and oxygen atoms in total. The average molecular weight is 117 g/mol. The van der Waals surface area contributed by atoms with Crippen LogP contribution in [0, 0.1) is 0 Å². The van der Waals surface area contributed by atoms with Crippen LogP contribution < -0.4 is 5.73 Å². The summed E-state index contributed by atoms with van der Waals surface area (Å²) in [5, 5.41) is 0. The Hall–Kier alpha value is -0.110. The zero-order valence-corrected chi connectivity index (χ0v) is 5.37. The molecule has 0 fully saturated rings. The molecule has 0 heterocycles. The molecule has 0 aromatic carbocycles. The molecule has 0 aliphatic carbocycles. The second-order valence-electron chi connectivity index (χ2n) is 1.09. The van der Waals surface area contributed by atoms with Crippen LogP contribution in [-0.2, 0) is 0 Å². The predicted molar refractivity (Wildman–Crippen MR) is 36.3 cm³/mol. The lowest BCUT2D eigenvalue weighted by Crippen LogP contribution is -1.78. The first-order valence-electron chi connectivity index (χ1n) is 2.36. The fourth-order valence-corrected chi connectivity index (χ4v) is 0.724. The highest BCUT2D eigenvalue weighted by molar-refractivity contribution is 7.99. The maximum atomic E-state index is 5.08. The predicted octanol–water partition coefficient (Wildman–Crippen LogP) is 1.21. The van der Waals surface area contributed by atoms with Gasteiger partial charge in [-0.2, -0.15) is 11.8 Å². The van der Waals surface area contributed by atoms with Crippen LogP contribution in [0.5, 0.6) is 0 Å². The van der Waals surface area contributed by atoms with Crippen molar-refractivity contribution in [2.75, 3.05) is 11.5 Å². The van der Waals surface area contributed by atoms with Crippen LogP contribution in [0.3, 0.4) is 0 Å². The molecule has 0 atom stereocenters. The molecule has 0 aliphatic rings. The van der Waals surface area contributed by atoms with Crippen LogP contribution in [0.2, 0.25) is 0 Å². The van der Waals surface area contributed by atoms with E-state index in [-0.39, 0.29) is 0 Å². The fraction of sp³-hybridized carbons (Fsp3) is 0.600. The molecule has 0 bridgehead atoms. The molecule has 0 aromatic rings. The molecular formula is C5H11NS. The normalized spacial score (nSPS) is 10.4. The van der Waals surface area contributed by atoms with Gasteiger partial charge in [0.05, 0.1) is 0 Å². The summed E-state index contributed by atoms with van der Waals surface area (Å²) in [4.78, 5) is 0. The van der Waals surface area contributed by atoms with Gasteiger partial charge in [0.2, 0.25) is 0 Å². The largest absolute Gasteiger partial charge is 0.405 e. The molecule has 0 rings (SSSR count). The van der Waals surface area contributed by atoms with Crippen molar-refractivity contribution in [1.82, 2.24) is 0 Å². The minimum atomic E-state index is 1.05. The van der Waals surface area contributed by atoms with Gasteiger partial charge in [-0.1, -0.05) is 13.0 Å². The Labute approximate surface area is 49.0 Å². The Morgan fingerprint density at radius 3 is 2.86 bits per heavy atom. The lowest BCUT2D eigenvalue weighted by molar-refractivity contribution is 1.50. The van der Waals surface area contributed by atoms with Crippen LogP contribution in [0.1, 0.15) is 6.92 Å². The smallest absolute Gasteiger partial charge is 0.0130 e. The molecule has 0 spiro atoms. The first-order valence-corrected chi connectivity index (χ1v) is 3.51. The van der Waals surface area contributed by atoms with Gasteiger partial charge in [0.25, 0.3) is 0 Å². The van der Waals surface area contributed by atoms with Gasteiger partial charge in [0.1, 0.15) is 0 Å². The van der Waals surface area contributed by atoms with Gasteiger partial charge in [-0.3, -0.25) is 0 Å². The van der Waals surface area contributed by atoms with Crippen molar-refractivity contribution in [3.8, 4) is 0 Å². The molecule has 0 saturated heterocycles. The van der Waals surface area contributed by atoms with Crippen molar-refractivity contribution >= 4 is 11.8 Å². The monoisotopic (exact) mass is 117 g/mol. The number of hydrogen-bond acceptors (Lipinski definition) is 2. The Morgan fingerprint density at radius 1 is 1.71 bits per heavy atom. The second-order valence-corrected chi connectivity index (χ2v) is 2.41. The second kappa shape index (κ2) is 5.89. The molecule has 2 heteroatoms. The van der Waals surface area contributed by atoms with E-state index in [1.165, 1.54) is 5.75 Å². The summed E-state index contributed by atoms with van der Waals surface area (Å²) in [5.41, 5.74) is 5.08. The summed E-state index contributed by atoms with van der Waals surface area (Å²) in [5.74, 6) is 2.22. The van der Waals surface area contributed by atoms with Crippen molar-refractivity contribution in [2.45, 2.75) is 6.92 Å². The topological polar surface area (TPSA) is 26.0 Å². The van der Waals surface area contributed by atoms with E-state index in [1.807, 2.05) is 17.8 Å². The van der Waals surface area contributed by atoms with Crippen LogP contribution in [0.15, 0.2) is 12.3 Å². The third-order valence-electron chi connectivity index (χ3n) is 0.554.